The van der Waals surface area contributed by atoms with E-state index in [1.807, 2.05) is 0 Å². The van der Waals surface area contributed by atoms with Crippen molar-refractivity contribution in [3.05, 3.63) is 81.5 Å². The molecule has 0 atom stereocenters. The number of carboxylic acid groups (broad SMARTS) is 2. The fourth-order valence-electron chi connectivity index (χ4n) is 4.28. The van der Waals surface area contributed by atoms with Crippen molar-refractivity contribution in [1.29, 1.82) is 0 Å². The average molecular weight is 900 g/mol. The van der Waals surface area contributed by atoms with Gasteiger partial charge >= 0.3 is 36.3 Å². The standard InChI is InChI=1S/C14H13ClFN3O3S2.C10H5Cl2F3N4O2.C3H8NO5P/c15-8-5-9(16)10(6-11(8)23-7-12(20)21)17-13-18-3-1-2-4-19(18)14(22)24-13;11-5-1-4(10(13,14)15)2-6(12)8(5)18-9(16)7(3-17-18)19(20)21;5-3(6)1-4-2-10(7,8)9/h5-6H,1-4,7H2,(H,20,21);1-3H,16H2;4H,1-2H2,(H,5,6)(H2,7,8,9). The fourth-order valence-corrected chi connectivity index (χ4v) is 7.21. The van der Waals surface area contributed by atoms with E-state index in [-0.39, 0.29) is 37.1 Å². The third-order valence-corrected chi connectivity index (χ3v) is 10.1. The molecule has 0 radical (unpaired) electrons. The molecule has 0 saturated heterocycles. The molecule has 28 heteroatoms. The monoisotopic (exact) mass is 898 g/mol. The van der Waals surface area contributed by atoms with Crippen LogP contribution in [0.25, 0.3) is 5.69 Å². The molecule has 0 amide bonds. The van der Waals surface area contributed by atoms with Gasteiger partial charge in [0.15, 0.2) is 0 Å². The summed E-state index contributed by atoms with van der Waals surface area (Å²) in [7, 11) is -4.10. The van der Waals surface area contributed by atoms with Crippen molar-refractivity contribution in [2.75, 3.05) is 24.3 Å². The molecule has 55 heavy (non-hydrogen) atoms. The van der Waals surface area contributed by atoms with E-state index in [0.29, 0.717) is 34.9 Å². The summed E-state index contributed by atoms with van der Waals surface area (Å²) >= 11 is 19.4. The Morgan fingerprint density at radius 2 is 1.67 bits per heavy atom. The topological polar surface area (TPSA) is 270 Å². The number of fused-ring (bicyclic) bond motifs is 1. The number of halogens is 7. The van der Waals surface area contributed by atoms with Gasteiger partial charge in [-0.1, -0.05) is 34.8 Å². The Kier molecular flexibility index (Phi) is 15.9. The van der Waals surface area contributed by atoms with E-state index in [4.69, 9.17) is 60.5 Å². The molecular formula is C27H26Cl3F4N8O10PS2. The number of nitrogens with zero attached hydrogens (tertiary/aromatic N) is 6. The Morgan fingerprint density at radius 1 is 1.07 bits per heavy atom. The minimum absolute atomic E-state index is 0.0370. The number of benzene rings is 2. The molecule has 0 aliphatic carbocycles. The van der Waals surface area contributed by atoms with E-state index in [0.717, 1.165) is 52.9 Å². The number of carboxylic acids is 2. The number of hydrogen-bond acceptors (Lipinski definition) is 12. The van der Waals surface area contributed by atoms with Crippen LogP contribution in [-0.4, -0.2) is 74.6 Å². The summed E-state index contributed by atoms with van der Waals surface area (Å²) in [5, 5.41) is 32.5. The quantitative estimate of drug-likeness (QED) is 0.0393. The van der Waals surface area contributed by atoms with Crippen molar-refractivity contribution in [2.45, 2.75) is 37.0 Å². The zero-order chi connectivity index (χ0) is 41.4. The van der Waals surface area contributed by atoms with Gasteiger partial charge in [0.05, 0.1) is 44.1 Å². The van der Waals surface area contributed by atoms with Crippen LogP contribution in [0, 0.1) is 15.9 Å². The number of anilines is 1. The number of thioether (sulfide) groups is 1. The second-order valence-corrected chi connectivity index (χ2v) is 15.4. The van der Waals surface area contributed by atoms with Gasteiger partial charge in [0.2, 0.25) is 10.6 Å². The Balaban J connectivity index is 0.000000240. The molecule has 4 aromatic rings. The van der Waals surface area contributed by atoms with E-state index in [1.165, 1.54) is 6.07 Å². The minimum Gasteiger partial charge on any atom is -0.481 e. The summed E-state index contributed by atoms with van der Waals surface area (Å²) in [6.45, 7) is 0.853. The Labute approximate surface area is 328 Å². The van der Waals surface area contributed by atoms with Crippen LogP contribution < -0.4 is 20.7 Å². The van der Waals surface area contributed by atoms with Crippen LogP contribution >= 0.6 is 65.5 Å². The summed E-state index contributed by atoms with van der Waals surface area (Å²) in [6, 6.07) is 3.79. The van der Waals surface area contributed by atoms with Crippen LogP contribution in [0.3, 0.4) is 0 Å². The number of nitrogen functional groups attached to an aromatic ring is 1. The number of nitrogens with one attached hydrogen (secondary N) is 1. The Morgan fingerprint density at radius 3 is 2.18 bits per heavy atom. The summed E-state index contributed by atoms with van der Waals surface area (Å²) in [4.78, 5) is 63.7. The highest BCUT2D eigenvalue weighted by atomic mass is 35.5. The van der Waals surface area contributed by atoms with Crippen LogP contribution in [0.15, 0.2) is 45.1 Å². The zero-order valence-electron chi connectivity index (χ0n) is 27.2. The van der Waals surface area contributed by atoms with Crippen LogP contribution in [0.1, 0.15) is 18.4 Å². The number of aliphatic carboxylic acids is 2. The number of alkyl halides is 3. The SMILES string of the molecule is Nc1c([N+](=O)[O-])cnn1-c1c(Cl)cc(C(F)(F)F)cc1Cl.O=C(O)CNCP(=O)(O)O.O=C(O)CSc1cc(N=c2sc(=O)n3n2CCCC3)c(F)cc1Cl. The van der Waals surface area contributed by atoms with Crippen LogP contribution in [-0.2, 0) is 33.4 Å². The number of rotatable bonds is 10. The van der Waals surface area contributed by atoms with Crippen molar-refractivity contribution >= 4 is 94.6 Å². The highest BCUT2D eigenvalue weighted by Gasteiger charge is 2.33. The van der Waals surface area contributed by atoms with E-state index < -0.39 is 66.4 Å². The lowest BCUT2D eigenvalue weighted by Gasteiger charge is -2.15. The molecule has 0 saturated carbocycles. The van der Waals surface area contributed by atoms with Crippen LogP contribution in [0.5, 0.6) is 0 Å². The van der Waals surface area contributed by atoms with E-state index in [1.54, 1.807) is 9.36 Å². The smallest absolute Gasteiger partial charge is 0.416 e. The van der Waals surface area contributed by atoms with Gasteiger partial charge in [0.25, 0.3) is 0 Å². The molecule has 0 fully saturated rings. The second kappa shape index (κ2) is 19.2. The zero-order valence-corrected chi connectivity index (χ0v) is 32.0. The molecule has 18 nitrogen and oxygen atoms in total. The number of carbonyl (C=O) groups is 2. The van der Waals surface area contributed by atoms with Crippen molar-refractivity contribution in [3.8, 4) is 5.69 Å². The van der Waals surface area contributed by atoms with Gasteiger partial charge in [-0.2, -0.15) is 18.3 Å². The van der Waals surface area contributed by atoms with Crippen molar-refractivity contribution in [3.63, 3.8) is 0 Å². The molecule has 1 aliphatic rings. The number of nitro groups is 1. The first-order valence-corrected chi connectivity index (χ1v) is 19.4. The normalized spacial score (nSPS) is 12.9. The van der Waals surface area contributed by atoms with Gasteiger partial charge in [0, 0.05) is 18.0 Å². The van der Waals surface area contributed by atoms with E-state index in [9.17, 15) is 46.6 Å². The first kappa shape index (κ1) is 45.4. The van der Waals surface area contributed by atoms with E-state index >= 15 is 0 Å². The summed E-state index contributed by atoms with van der Waals surface area (Å²) in [6.07, 6.45) is -2.51. The van der Waals surface area contributed by atoms with Gasteiger partial charge < -0.3 is 25.7 Å². The lowest BCUT2D eigenvalue weighted by molar-refractivity contribution is -0.383. The van der Waals surface area contributed by atoms with Crippen LogP contribution in [0.4, 0.5) is 34.8 Å². The molecule has 3 heterocycles. The first-order chi connectivity index (χ1) is 25.5. The lowest BCUT2D eigenvalue weighted by atomic mass is 10.2. The largest absolute Gasteiger partial charge is 0.481 e. The third kappa shape index (κ3) is 13.0. The second-order valence-electron chi connectivity index (χ2n) is 10.6. The number of hydrogen-bond donors (Lipinski definition) is 6. The van der Waals surface area contributed by atoms with Crippen molar-refractivity contribution in [1.82, 2.24) is 24.5 Å². The van der Waals surface area contributed by atoms with Gasteiger partial charge in [0.1, 0.15) is 23.4 Å². The third-order valence-electron chi connectivity index (χ3n) is 6.59. The Hall–Kier alpha value is -4.00. The first-order valence-electron chi connectivity index (χ1n) is 14.7. The maximum absolute atomic E-state index is 14.2. The maximum atomic E-state index is 14.2. The molecule has 5 rings (SSSR count). The van der Waals surface area contributed by atoms with Gasteiger partial charge in [-0.25, -0.2) is 18.7 Å². The number of nitrogens with two attached hydrogens (primary N) is 1. The molecule has 0 unspecified atom stereocenters. The molecule has 300 valence electrons. The predicted molar refractivity (Wildman–Crippen MR) is 193 cm³/mol. The summed E-state index contributed by atoms with van der Waals surface area (Å²) in [5.74, 6) is -3.34. The predicted octanol–water partition coefficient (Wildman–Crippen LogP) is 5.19. The van der Waals surface area contributed by atoms with Gasteiger partial charge in [-0.15, -0.1) is 11.8 Å². The van der Waals surface area contributed by atoms with E-state index in [2.05, 4.69) is 15.4 Å². The minimum atomic E-state index is -4.63. The maximum Gasteiger partial charge on any atom is 0.416 e. The highest BCUT2D eigenvalue weighted by molar-refractivity contribution is 8.00. The Bertz CT molecular complexity index is 2240. The van der Waals surface area contributed by atoms with Crippen molar-refractivity contribution < 1.29 is 56.6 Å². The van der Waals surface area contributed by atoms with Crippen LogP contribution in [0.2, 0.25) is 15.1 Å². The fraction of sp³-hybridized carbons (Fsp3) is 0.296. The average Bonchev–Trinajstić information content (AvgIpc) is 3.59. The molecule has 2 aromatic heterocycles. The van der Waals surface area contributed by atoms with Gasteiger partial charge in [-0.3, -0.25) is 39.1 Å². The summed E-state index contributed by atoms with van der Waals surface area (Å²) in [5.41, 5.74) is 3.82. The molecule has 0 spiro atoms. The summed E-state index contributed by atoms with van der Waals surface area (Å²) < 4.78 is 66.2. The highest BCUT2D eigenvalue weighted by Crippen LogP contribution is 2.39. The molecular weight excluding hydrogens is 874 g/mol. The molecule has 1 aliphatic heterocycles. The molecule has 2 aromatic carbocycles. The molecule has 0 bridgehead atoms. The van der Waals surface area contributed by atoms with Crippen molar-refractivity contribution in [2.24, 2.45) is 4.99 Å². The molecule has 7 N–H and O–H groups in total. The number of aromatic nitrogens is 4. The van der Waals surface area contributed by atoms with Gasteiger partial charge in [-0.05, 0) is 48.4 Å². The lowest BCUT2D eigenvalue weighted by Crippen LogP contribution is -2.31.